The summed E-state index contributed by atoms with van der Waals surface area (Å²) < 4.78 is 1.37. The highest BCUT2D eigenvalue weighted by molar-refractivity contribution is 5.86. The van der Waals surface area contributed by atoms with Gasteiger partial charge >= 0.3 is 5.97 Å². The van der Waals surface area contributed by atoms with Crippen molar-refractivity contribution in [1.82, 2.24) is 9.47 Å². The van der Waals surface area contributed by atoms with Gasteiger partial charge < -0.3 is 14.6 Å². The number of rotatable bonds is 4. The van der Waals surface area contributed by atoms with E-state index in [9.17, 15) is 9.59 Å². The fourth-order valence-corrected chi connectivity index (χ4v) is 1.24. The summed E-state index contributed by atoms with van der Waals surface area (Å²) in [5.74, 6) is 1.06. The number of carboxylic acids is 1. The molecule has 0 unspecified atom stereocenters. The van der Waals surface area contributed by atoms with Gasteiger partial charge in [-0.15, -0.1) is 6.42 Å². The van der Waals surface area contributed by atoms with Gasteiger partial charge in [-0.05, 0) is 12.1 Å². The zero-order valence-electron chi connectivity index (χ0n) is 8.88. The standard InChI is InChI=1S/C11H12N2O3/c1-3-6-12(2)10(14)8-13-7-4-5-9(13)11(15)16/h1,4-5,7H,6,8H2,2H3,(H,15,16). The molecular formula is C11H12N2O3. The molecular weight excluding hydrogens is 208 g/mol. The Morgan fingerprint density at radius 3 is 2.88 bits per heavy atom. The first-order chi connectivity index (χ1) is 7.56. The van der Waals surface area contributed by atoms with E-state index in [1.54, 1.807) is 19.3 Å². The third-order valence-corrected chi connectivity index (χ3v) is 2.11. The predicted octanol–water partition coefficient (Wildman–Crippen LogP) is 0.278. The van der Waals surface area contributed by atoms with Gasteiger partial charge in [0.2, 0.25) is 5.91 Å². The second kappa shape index (κ2) is 5.03. The largest absolute Gasteiger partial charge is 0.477 e. The van der Waals surface area contributed by atoms with Gasteiger partial charge in [0.25, 0.3) is 0 Å². The highest BCUT2D eigenvalue weighted by atomic mass is 16.4. The summed E-state index contributed by atoms with van der Waals surface area (Å²) in [6.07, 6.45) is 6.62. The van der Waals surface area contributed by atoms with Crippen molar-refractivity contribution in [3.63, 3.8) is 0 Å². The summed E-state index contributed by atoms with van der Waals surface area (Å²) in [7, 11) is 1.58. The highest BCUT2D eigenvalue weighted by Gasteiger charge is 2.13. The average molecular weight is 220 g/mol. The molecule has 0 aliphatic rings. The van der Waals surface area contributed by atoms with Crippen LogP contribution in [0.15, 0.2) is 18.3 Å². The van der Waals surface area contributed by atoms with E-state index in [0.29, 0.717) is 0 Å². The Morgan fingerprint density at radius 2 is 2.31 bits per heavy atom. The number of likely N-dealkylation sites (N-methyl/N-ethyl adjacent to an activating group) is 1. The van der Waals surface area contributed by atoms with E-state index in [0.717, 1.165) is 0 Å². The van der Waals surface area contributed by atoms with Gasteiger partial charge in [0.1, 0.15) is 12.2 Å². The first-order valence-corrected chi connectivity index (χ1v) is 4.62. The fraction of sp³-hybridized carbons (Fsp3) is 0.273. The van der Waals surface area contributed by atoms with Crippen LogP contribution in [0.3, 0.4) is 0 Å². The third kappa shape index (κ3) is 2.64. The molecule has 0 atom stereocenters. The van der Waals surface area contributed by atoms with Gasteiger partial charge in [-0.1, -0.05) is 5.92 Å². The van der Waals surface area contributed by atoms with Crippen LogP contribution in [0.2, 0.25) is 0 Å². The van der Waals surface area contributed by atoms with Crippen LogP contribution in [-0.2, 0) is 11.3 Å². The molecule has 0 radical (unpaired) electrons. The lowest BCUT2D eigenvalue weighted by Gasteiger charge is -2.14. The Hall–Kier alpha value is -2.22. The van der Waals surface area contributed by atoms with Crippen LogP contribution in [-0.4, -0.2) is 40.0 Å². The van der Waals surface area contributed by atoms with Gasteiger partial charge in [0.05, 0.1) is 6.54 Å². The van der Waals surface area contributed by atoms with Crippen molar-refractivity contribution in [2.24, 2.45) is 0 Å². The van der Waals surface area contributed by atoms with Gasteiger partial charge in [0, 0.05) is 13.2 Å². The van der Waals surface area contributed by atoms with E-state index in [4.69, 9.17) is 11.5 Å². The Bertz CT molecular complexity index is 442. The molecule has 5 heteroatoms. The average Bonchev–Trinajstić information content (AvgIpc) is 2.66. The number of aromatic nitrogens is 1. The number of aromatic carboxylic acids is 1. The normalized spacial score (nSPS) is 9.50. The first kappa shape index (κ1) is 11.9. The van der Waals surface area contributed by atoms with Gasteiger partial charge in [-0.3, -0.25) is 4.79 Å². The number of terminal acetylenes is 1. The van der Waals surface area contributed by atoms with E-state index in [1.807, 2.05) is 0 Å². The van der Waals surface area contributed by atoms with Crippen LogP contribution < -0.4 is 0 Å². The second-order valence-corrected chi connectivity index (χ2v) is 3.28. The molecule has 1 amide bonds. The topological polar surface area (TPSA) is 62.5 Å². The van der Waals surface area contributed by atoms with Crippen LogP contribution in [0.25, 0.3) is 0 Å². The number of carbonyl (C=O) groups excluding carboxylic acids is 1. The smallest absolute Gasteiger partial charge is 0.352 e. The lowest BCUT2D eigenvalue weighted by atomic mass is 10.4. The van der Waals surface area contributed by atoms with E-state index in [2.05, 4.69) is 5.92 Å². The molecule has 16 heavy (non-hydrogen) atoms. The van der Waals surface area contributed by atoms with Crippen molar-refractivity contribution < 1.29 is 14.7 Å². The summed E-state index contributed by atoms with van der Waals surface area (Å²) in [6.45, 7) is 0.190. The molecule has 0 fully saturated rings. The molecule has 1 rings (SSSR count). The molecule has 0 aromatic carbocycles. The number of carboxylic acid groups (broad SMARTS) is 1. The molecule has 84 valence electrons. The summed E-state index contributed by atoms with van der Waals surface area (Å²) in [5, 5.41) is 8.83. The maximum absolute atomic E-state index is 11.6. The number of hydrogen-bond acceptors (Lipinski definition) is 2. The molecule has 0 aliphatic carbocycles. The first-order valence-electron chi connectivity index (χ1n) is 4.62. The van der Waals surface area contributed by atoms with Crippen molar-refractivity contribution in [2.75, 3.05) is 13.6 Å². The van der Waals surface area contributed by atoms with Crippen molar-refractivity contribution >= 4 is 11.9 Å². The Balaban J connectivity index is 2.74. The number of carbonyl (C=O) groups is 2. The van der Waals surface area contributed by atoms with Crippen LogP contribution in [0.5, 0.6) is 0 Å². The molecule has 1 heterocycles. The molecule has 1 aromatic rings. The summed E-state index contributed by atoms with van der Waals surface area (Å²) in [6, 6.07) is 3.02. The molecule has 1 N–H and O–H groups in total. The SMILES string of the molecule is C#CCN(C)C(=O)Cn1cccc1C(=O)O. The van der Waals surface area contributed by atoms with Gasteiger partial charge in [0.15, 0.2) is 0 Å². The van der Waals surface area contributed by atoms with Gasteiger partial charge in [-0.25, -0.2) is 4.79 Å². The lowest BCUT2D eigenvalue weighted by molar-refractivity contribution is -0.129. The molecule has 5 nitrogen and oxygen atoms in total. The minimum atomic E-state index is -1.06. The second-order valence-electron chi connectivity index (χ2n) is 3.28. The maximum Gasteiger partial charge on any atom is 0.352 e. The van der Waals surface area contributed by atoms with Crippen LogP contribution in [0, 0.1) is 12.3 Å². The molecule has 0 bridgehead atoms. The van der Waals surface area contributed by atoms with Crippen molar-refractivity contribution in [1.29, 1.82) is 0 Å². The summed E-state index contributed by atoms with van der Waals surface area (Å²) in [4.78, 5) is 23.7. The Kier molecular flexibility index (Phi) is 3.72. The highest BCUT2D eigenvalue weighted by Crippen LogP contribution is 2.03. The van der Waals surface area contributed by atoms with Crippen LogP contribution >= 0.6 is 0 Å². The van der Waals surface area contributed by atoms with Crippen LogP contribution in [0.1, 0.15) is 10.5 Å². The molecule has 0 aliphatic heterocycles. The molecule has 0 spiro atoms. The minimum Gasteiger partial charge on any atom is -0.477 e. The summed E-state index contributed by atoms with van der Waals surface area (Å²) in [5.41, 5.74) is 0.0856. The van der Waals surface area contributed by atoms with E-state index < -0.39 is 5.97 Å². The zero-order valence-corrected chi connectivity index (χ0v) is 8.88. The van der Waals surface area contributed by atoms with Crippen molar-refractivity contribution in [3.8, 4) is 12.3 Å². The third-order valence-electron chi connectivity index (χ3n) is 2.11. The number of amides is 1. The van der Waals surface area contributed by atoms with Crippen LogP contribution in [0.4, 0.5) is 0 Å². The molecule has 0 saturated carbocycles. The Labute approximate surface area is 93.3 Å². The van der Waals surface area contributed by atoms with E-state index >= 15 is 0 Å². The minimum absolute atomic E-state index is 0.0210. The number of nitrogens with zero attached hydrogens (tertiary/aromatic N) is 2. The Morgan fingerprint density at radius 1 is 1.62 bits per heavy atom. The van der Waals surface area contributed by atoms with Gasteiger partial charge in [-0.2, -0.15) is 0 Å². The number of hydrogen-bond donors (Lipinski definition) is 1. The van der Waals surface area contributed by atoms with Crippen molar-refractivity contribution in [3.05, 3.63) is 24.0 Å². The monoisotopic (exact) mass is 220 g/mol. The quantitative estimate of drug-likeness (QED) is 0.741. The molecule has 0 saturated heterocycles. The maximum atomic E-state index is 11.6. The zero-order chi connectivity index (χ0) is 12.1. The lowest BCUT2D eigenvalue weighted by Crippen LogP contribution is -2.31. The fourth-order valence-electron chi connectivity index (χ4n) is 1.24. The predicted molar refractivity (Wildman–Crippen MR) is 57.9 cm³/mol. The summed E-state index contributed by atoms with van der Waals surface area (Å²) >= 11 is 0. The van der Waals surface area contributed by atoms with E-state index in [-0.39, 0.29) is 24.7 Å². The van der Waals surface area contributed by atoms with E-state index in [1.165, 1.54) is 15.5 Å². The van der Waals surface area contributed by atoms with Crippen molar-refractivity contribution in [2.45, 2.75) is 6.54 Å². The molecule has 1 aromatic heterocycles.